The Morgan fingerprint density at radius 2 is 2.10 bits per heavy atom. The quantitative estimate of drug-likeness (QED) is 0.707. The van der Waals surface area contributed by atoms with Crippen LogP contribution in [0.5, 0.6) is 0 Å². The molecule has 3 aromatic rings. The van der Waals surface area contributed by atoms with Gasteiger partial charge in [-0.25, -0.2) is 4.98 Å². The molecule has 0 bridgehead atoms. The number of nitrogens with zero attached hydrogens (tertiary/aromatic N) is 3. The van der Waals surface area contributed by atoms with Crippen LogP contribution in [0, 0.1) is 12.8 Å². The first kappa shape index (κ1) is 18.4. The Morgan fingerprint density at radius 1 is 1.28 bits per heavy atom. The van der Waals surface area contributed by atoms with E-state index in [1.807, 2.05) is 0 Å². The van der Waals surface area contributed by atoms with Crippen molar-refractivity contribution in [2.75, 3.05) is 18.4 Å². The average molecular weight is 393 g/mol. The zero-order chi connectivity index (χ0) is 19.8. The number of hydrogen-bond acceptors (Lipinski definition) is 5. The molecule has 0 spiro atoms. The highest BCUT2D eigenvalue weighted by molar-refractivity contribution is 5.92. The minimum Gasteiger partial charge on any atom is -0.341 e. The van der Waals surface area contributed by atoms with E-state index in [0.29, 0.717) is 5.88 Å². The van der Waals surface area contributed by atoms with Gasteiger partial charge in [-0.1, -0.05) is 11.2 Å². The van der Waals surface area contributed by atoms with E-state index in [1.165, 1.54) is 5.56 Å². The van der Waals surface area contributed by atoms with Crippen molar-refractivity contribution >= 4 is 22.8 Å². The number of nitrogens with one attached hydrogen (secondary N) is 2. The minimum atomic E-state index is 0.0221. The number of hydrogen-bond donors (Lipinski definition) is 2. The van der Waals surface area contributed by atoms with Gasteiger partial charge in [0.15, 0.2) is 0 Å². The third kappa shape index (κ3) is 3.79. The molecule has 152 valence electrons. The highest BCUT2D eigenvalue weighted by Crippen LogP contribution is 2.29. The molecule has 0 radical (unpaired) electrons. The van der Waals surface area contributed by atoms with Crippen LogP contribution in [0.1, 0.15) is 48.3 Å². The number of carbonyl (C=O) groups is 1. The maximum absolute atomic E-state index is 12.7. The first-order chi connectivity index (χ1) is 14.2. The third-order valence-corrected chi connectivity index (χ3v) is 6.21. The van der Waals surface area contributed by atoms with Crippen molar-refractivity contribution in [3.05, 3.63) is 40.8 Å². The highest BCUT2D eigenvalue weighted by atomic mass is 16.5. The van der Waals surface area contributed by atoms with Gasteiger partial charge in [0.2, 0.25) is 11.8 Å². The summed E-state index contributed by atoms with van der Waals surface area (Å²) >= 11 is 0. The van der Waals surface area contributed by atoms with Gasteiger partial charge in [0.05, 0.1) is 23.3 Å². The summed E-state index contributed by atoms with van der Waals surface area (Å²) in [7, 11) is 0. The predicted molar refractivity (Wildman–Crippen MR) is 111 cm³/mol. The van der Waals surface area contributed by atoms with Gasteiger partial charge in [-0.3, -0.25) is 15.0 Å². The zero-order valence-electron chi connectivity index (χ0n) is 16.8. The molecule has 1 aliphatic carbocycles. The minimum absolute atomic E-state index is 0.0221. The second-order valence-corrected chi connectivity index (χ2v) is 8.39. The van der Waals surface area contributed by atoms with Crippen LogP contribution in [0.15, 0.2) is 22.7 Å². The van der Waals surface area contributed by atoms with E-state index in [4.69, 9.17) is 9.51 Å². The van der Waals surface area contributed by atoms with Crippen molar-refractivity contribution in [3.63, 3.8) is 0 Å². The van der Waals surface area contributed by atoms with E-state index in [1.54, 1.807) is 0 Å². The second kappa shape index (κ2) is 7.63. The van der Waals surface area contributed by atoms with Gasteiger partial charge < -0.3 is 9.51 Å². The summed E-state index contributed by atoms with van der Waals surface area (Å²) in [6.45, 7) is 4.66. The molecule has 7 heteroatoms. The molecule has 2 aliphatic rings. The molecule has 0 atom stereocenters. The molecule has 3 heterocycles. The molecule has 5 rings (SSSR count). The van der Waals surface area contributed by atoms with Crippen molar-refractivity contribution < 1.29 is 9.32 Å². The lowest BCUT2D eigenvalue weighted by Gasteiger charge is -2.30. The molecule has 0 unspecified atom stereocenters. The topological polar surface area (TPSA) is 87.1 Å². The van der Waals surface area contributed by atoms with Crippen molar-refractivity contribution in [2.24, 2.45) is 5.92 Å². The normalized spacial score (nSPS) is 18.1. The number of fused-ring (bicyclic) bond motifs is 2. The van der Waals surface area contributed by atoms with Gasteiger partial charge in [-0.15, -0.1) is 0 Å². The standard InChI is InChI=1S/C22H27N5O2/c1-14-6-7-18-19(12-14)24-20(23-18)13-27-10-8-15(9-11-27)21(28)25-22-16-4-2-3-5-17(16)26-29-22/h6-7,12,15H,2-5,8-11,13H2,1H3,(H,23,24)(H,25,28). The Labute approximate surface area is 169 Å². The molecule has 2 aromatic heterocycles. The van der Waals surface area contributed by atoms with E-state index in [-0.39, 0.29) is 11.8 Å². The lowest BCUT2D eigenvalue weighted by molar-refractivity contribution is -0.121. The maximum Gasteiger partial charge on any atom is 0.234 e. The number of piperidine rings is 1. The van der Waals surface area contributed by atoms with E-state index in [0.717, 1.165) is 86.3 Å². The molecule has 1 amide bonds. The van der Waals surface area contributed by atoms with Crippen LogP contribution >= 0.6 is 0 Å². The van der Waals surface area contributed by atoms with Crippen LogP contribution in [0.2, 0.25) is 0 Å². The van der Waals surface area contributed by atoms with Crippen molar-refractivity contribution in [2.45, 2.75) is 52.0 Å². The van der Waals surface area contributed by atoms with Gasteiger partial charge in [-0.05, 0) is 76.2 Å². The summed E-state index contributed by atoms with van der Waals surface area (Å²) in [6, 6.07) is 6.27. The fourth-order valence-electron chi connectivity index (χ4n) is 4.52. The van der Waals surface area contributed by atoms with Gasteiger partial charge in [0, 0.05) is 11.5 Å². The first-order valence-corrected chi connectivity index (χ1v) is 10.6. The van der Waals surface area contributed by atoms with Gasteiger partial charge >= 0.3 is 0 Å². The van der Waals surface area contributed by atoms with Crippen LogP contribution in [-0.4, -0.2) is 39.0 Å². The van der Waals surface area contributed by atoms with E-state index < -0.39 is 0 Å². The number of amides is 1. The molecule has 29 heavy (non-hydrogen) atoms. The summed E-state index contributed by atoms with van der Waals surface area (Å²) < 4.78 is 5.41. The van der Waals surface area contributed by atoms with Gasteiger partial charge in [0.25, 0.3) is 0 Å². The summed E-state index contributed by atoms with van der Waals surface area (Å²) in [5.74, 6) is 1.65. The SMILES string of the molecule is Cc1ccc2nc(CN3CCC(C(=O)Nc4onc5c4CCCC5)CC3)[nH]c2c1. The summed E-state index contributed by atoms with van der Waals surface area (Å²) in [5, 5.41) is 7.13. The van der Waals surface area contributed by atoms with Gasteiger partial charge in [-0.2, -0.15) is 0 Å². The number of likely N-dealkylation sites (tertiary alicyclic amines) is 1. The van der Waals surface area contributed by atoms with Crippen LogP contribution in [-0.2, 0) is 24.2 Å². The fraction of sp³-hybridized carbons (Fsp3) is 0.500. The number of benzene rings is 1. The average Bonchev–Trinajstić information content (AvgIpc) is 3.32. The number of carbonyl (C=O) groups excluding carboxylic acids is 1. The van der Waals surface area contributed by atoms with Crippen LogP contribution in [0.25, 0.3) is 11.0 Å². The van der Waals surface area contributed by atoms with Gasteiger partial charge in [0.1, 0.15) is 5.82 Å². The summed E-state index contributed by atoms with van der Waals surface area (Å²) in [6.07, 6.45) is 5.88. The van der Waals surface area contributed by atoms with E-state index in [2.05, 4.69) is 45.5 Å². The third-order valence-electron chi connectivity index (χ3n) is 6.21. The number of aromatic nitrogens is 3. The van der Waals surface area contributed by atoms with Crippen LogP contribution < -0.4 is 5.32 Å². The van der Waals surface area contributed by atoms with Crippen LogP contribution in [0.3, 0.4) is 0 Å². The smallest absolute Gasteiger partial charge is 0.234 e. The largest absolute Gasteiger partial charge is 0.341 e. The number of aromatic amines is 1. The lowest BCUT2D eigenvalue weighted by Crippen LogP contribution is -2.38. The summed E-state index contributed by atoms with van der Waals surface area (Å²) in [4.78, 5) is 23.2. The zero-order valence-corrected chi connectivity index (χ0v) is 16.8. The molecule has 1 saturated heterocycles. The highest BCUT2D eigenvalue weighted by Gasteiger charge is 2.28. The monoisotopic (exact) mass is 393 g/mol. The number of rotatable bonds is 4. The first-order valence-electron chi connectivity index (χ1n) is 10.6. The Balaban J connectivity index is 1.16. The fourth-order valence-corrected chi connectivity index (χ4v) is 4.52. The Morgan fingerprint density at radius 3 is 2.97 bits per heavy atom. The number of aryl methyl sites for hydroxylation is 2. The van der Waals surface area contributed by atoms with E-state index in [9.17, 15) is 4.79 Å². The van der Waals surface area contributed by atoms with Crippen molar-refractivity contribution in [3.8, 4) is 0 Å². The number of H-pyrrole nitrogens is 1. The predicted octanol–water partition coefficient (Wildman–Crippen LogP) is 3.59. The molecular weight excluding hydrogens is 366 g/mol. The second-order valence-electron chi connectivity index (χ2n) is 8.39. The van der Waals surface area contributed by atoms with Crippen LogP contribution in [0.4, 0.5) is 5.88 Å². The molecule has 1 fully saturated rings. The molecule has 0 saturated carbocycles. The Hall–Kier alpha value is -2.67. The lowest BCUT2D eigenvalue weighted by atomic mass is 9.95. The molecular formula is C22H27N5O2. The summed E-state index contributed by atoms with van der Waals surface area (Å²) in [5.41, 5.74) is 5.44. The van der Waals surface area contributed by atoms with E-state index >= 15 is 0 Å². The van der Waals surface area contributed by atoms with Crippen molar-refractivity contribution in [1.29, 1.82) is 0 Å². The molecule has 7 nitrogen and oxygen atoms in total. The Kier molecular flexibility index (Phi) is 4.83. The maximum atomic E-state index is 12.7. The Bertz CT molecular complexity index is 1030. The molecule has 1 aromatic carbocycles. The number of anilines is 1. The molecule has 2 N–H and O–H groups in total. The molecule has 1 aliphatic heterocycles. The number of imidazole rings is 1. The van der Waals surface area contributed by atoms with Crippen molar-refractivity contribution in [1.82, 2.24) is 20.0 Å².